The van der Waals surface area contributed by atoms with E-state index in [2.05, 4.69) is 9.80 Å². The molecule has 1 fully saturated rings. The van der Waals surface area contributed by atoms with E-state index >= 15 is 0 Å². The first-order valence-corrected chi connectivity index (χ1v) is 10.5. The molecule has 0 saturated carbocycles. The highest BCUT2D eigenvalue weighted by Gasteiger charge is 2.19. The first-order chi connectivity index (χ1) is 14.0. The molecule has 0 aliphatic carbocycles. The number of ether oxygens (including phenoxy) is 2. The van der Waals surface area contributed by atoms with Gasteiger partial charge in [-0.05, 0) is 43.7 Å². The minimum Gasteiger partial charge on any atom is -0.493 e. The molecule has 2 aromatic carbocycles. The van der Waals surface area contributed by atoms with Crippen molar-refractivity contribution in [3.8, 4) is 11.5 Å². The van der Waals surface area contributed by atoms with Gasteiger partial charge in [-0.15, -0.1) is 0 Å². The minimum absolute atomic E-state index is 0.00746. The Morgan fingerprint density at radius 1 is 1.07 bits per heavy atom. The molecule has 1 heterocycles. The molecule has 0 aromatic heterocycles. The average molecular weight is 437 g/mol. The molecule has 0 unspecified atom stereocenters. The number of hydrogen-bond donors (Lipinski definition) is 0. The lowest BCUT2D eigenvalue weighted by atomic mass is 10.1. The van der Waals surface area contributed by atoms with E-state index in [-0.39, 0.29) is 5.78 Å². The number of anilines is 1. The zero-order valence-corrected chi connectivity index (χ0v) is 18.3. The number of hydrogen-bond acceptors (Lipinski definition) is 5. The van der Waals surface area contributed by atoms with E-state index in [1.54, 1.807) is 25.3 Å². The van der Waals surface area contributed by atoms with Gasteiger partial charge in [0, 0.05) is 38.3 Å². The molecule has 0 spiro atoms. The molecule has 7 heteroatoms. The number of nitrogens with zero attached hydrogens (tertiary/aromatic N) is 2. The van der Waals surface area contributed by atoms with E-state index in [4.69, 9.17) is 32.7 Å². The fourth-order valence-corrected chi connectivity index (χ4v) is 3.84. The number of methoxy groups -OCH3 is 1. The maximum atomic E-state index is 11.5. The van der Waals surface area contributed by atoms with E-state index in [0.29, 0.717) is 33.7 Å². The van der Waals surface area contributed by atoms with Gasteiger partial charge in [-0.3, -0.25) is 9.69 Å². The summed E-state index contributed by atoms with van der Waals surface area (Å²) in [6, 6.07) is 11.0. The SMILES string of the molecule is COc1cc(C(C)=O)ccc1OCCCN1CCN(c2cccc(Cl)c2Cl)CC1. The molecule has 156 valence electrons. The van der Waals surface area contributed by atoms with Crippen molar-refractivity contribution in [3.63, 3.8) is 0 Å². The summed E-state index contributed by atoms with van der Waals surface area (Å²) in [7, 11) is 1.58. The zero-order valence-electron chi connectivity index (χ0n) is 16.8. The number of piperazine rings is 1. The highest BCUT2D eigenvalue weighted by atomic mass is 35.5. The molecule has 0 atom stereocenters. The lowest BCUT2D eigenvalue weighted by Gasteiger charge is -2.36. The number of benzene rings is 2. The fourth-order valence-electron chi connectivity index (χ4n) is 3.43. The fraction of sp³-hybridized carbons (Fsp3) is 0.409. The molecule has 1 saturated heterocycles. The standard InChI is InChI=1S/C22H26Cl2N2O3/c1-16(27)17-7-8-20(21(15-17)28-2)29-14-4-9-25-10-12-26(13-11-25)19-6-3-5-18(23)22(19)24/h3,5-8,15H,4,9-14H2,1-2H3. The largest absolute Gasteiger partial charge is 0.493 e. The van der Waals surface area contributed by atoms with Crippen LogP contribution in [0.2, 0.25) is 10.0 Å². The summed E-state index contributed by atoms with van der Waals surface area (Å²) in [5.74, 6) is 1.26. The van der Waals surface area contributed by atoms with Crippen molar-refractivity contribution in [1.29, 1.82) is 0 Å². The summed E-state index contributed by atoms with van der Waals surface area (Å²) in [4.78, 5) is 16.2. The van der Waals surface area contributed by atoms with Crippen molar-refractivity contribution in [1.82, 2.24) is 4.90 Å². The number of carbonyl (C=O) groups is 1. The van der Waals surface area contributed by atoms with Gasteiger partial charge in [0.1, 0.15) is 0 Å². The second-order valence-electron chi connectivity index (χ2n) is 7.03. The lowest BCUT2D eigenvalue weighted by molar-refractivity contribution is 0.101. The van der Waals surface area contributed by atoms with Gasteiger partial charge in [0.05, 0.1) is 29.4 Å². The van der Waals surface area contributed by atoms with Gasteiger partial charge >= 0.3 is 0 Å². The van der Waals surface area contributed by atoms with Gasteiger partial charge in [0.15, 0.2) is 17.3 Å². The molecule has 1 aliphatic heterocycles. The molecule has 0 N–H and O–H groups in total. The van der Waals surface area contributed by atoms with Gasteiger partial charge in [-0.1, -0.05) is 29.3 Å². The monoisotopic (exact) mass is 436 g/mol. The topological polar surface area (TPSA) is 42.0 Å². The van der Waals surface area contributed by atoms with Gasteiger partial charge in [-0.2, -0.15) is 0 Å². The van der Waals surface area contributed by atoms with Crippen LogP contribution in [-0.4, -0.2) is 57.1 Å². The summed E-state index contributed by atoms with van der Waals surface area (Å²) in [6.45, 7) is 6.87. The van der Waals surface area contributed by atoms with Crippen molar-refractivity contribution in [2.45, 2.75) is 13.3 Å². The van der Waals surface area contributed by atoms with Crippen molar-refractivity contribution < 1.29 is 14.3 Å². The Kier molecular flexibility index (Phi) is 7.64. The molecule has 3 rings (SSSR count). The van der Waals surface area contributed by atoms with E-state index in [0.717, 1.165) is 44.8 Å². The normalized spacial score (nSPS) is 14.7. The zero-order chi connectivity index (χ0) is 20.8. The predicted molar refractivity (Wildman–Crippen MR) is 118 cm³/mol. The molecular weight excluding hydrogens is 411 g/mol. The Morgan fingerprint density at radius 2 is 1.83 bits per heavy atom. The molecular formula is C22H26Cl2N2O3. The molecule has 5 nitrogen and oxygen atoms in total. The summed E-state index contributed by atoms with van der Waals surface area (Å²) in [6.07, 6.45) is 0.912. The van der Waals surface area contributed by atoms with Crippen LogP contribution in [0.1, 0.15) is 23.7 Å². The summed E-state index contributed by atoms with van der Waals surface area (Å²) in [5.41, 5.74) is 1.62. The van der Waals surface area contributed by atoms with Crippen molar-refractivity contribution in [3.05, 3.63) is 52.0 Å². The summed E-state index contributed by atoms with van der Waals surface area (Å²) >= 11 is 12.5. The average Bonchev–Trinajstić information content (AvgIpc) is 2.73. The molecule has 29 heavy (non-hydrogen) atoms. The summed E-state index contributed by atoms with van der Waals surface area (Å²) < 4.78 is 11.2. The molecule has 1 aliphatic rings. The van der Waals surface area contributed by atoms with Crippen LogP contribution in [-0.2, 0) is 0 Å². The van der Waals surface area contributed by atoms with Crippen LogP contribution in [0, 0.1) is 0 Å². The van der Waals surface area contributed by atoms with Crippen LogP contribution >= 0.6 is 23.2 Å². The Labute approximate surface area is 182 Å². The molecule has 2 aromatic rings. The lowest BCUT2D eigenvalue weighted by Crippen LogP contribution is -2.46. The van der Waals surface area contributed by atoms with E-state index < -0.39 is 0 Å². The number of ketones is 1. The Morgan fingerprint density at radius 3 is 2.52 bits per heavy atom. The highest BCUT2D eigenvalue weighted by Crippen LogP contribution is 2.33. The second-order valence-corrected chi connectivity index (χ2v) is 7.81. The third kappa shape index (κ3) is 5.56. The number of rotatable bonds is 8. The van der Waals surface area contributed by atoms with Crippen LogP contribution < -0.4 is 14.4 Å². The Balaban J connectivity index is 1.43. The smallest absolute Gasteiger partial charge is 0.161 e. The molecule has 0 radical (unpaired) electrons. The summed E-state index contributed by atoms with van der Waals surface area (Å²) in [5, 5.41) is 1.22. The Hall–Kier alpha value is -1.95. The maximum absolute atomic E-state index is 11.5. The van der Waals surface area contributed by atoms with E-state index in [9.17, 15) is 4.79 Å². The van der Waals surface area contributed by atoms with Crippen LogP contribution in [0.4, 0.5) is 5.69 Å². The van der Waals surface area contributed by atoms with E-state index in [1.807, 2.05) is 18.2 Å². The van der Waals surface area contributed by atoms with Gasteiger partial charge in [0.2, 0.25) is 0 Å². The van der Waals surface area contributed by atoms with Gasteiger partial charge in [0.25, 0.3) is 0 Å². The van der Waals surface area contributed by atoms with Crippen molar-refractivity contribution >= 4 is 34.7 Å². The maximum Gasteiger partial charge on any atom is 0.161 e. The first kappa shape index (κ1) is 21.8. The van der Waals surface area contributed by atoms with Gasteiger partial charge < -0.3 is 14.4 Å². The van der Waals surface area contributed by atoms with E-state index in [1.165, 1.54) is 6.92 Å². The third-order valence-corrected chi connectivity index (χ3v) is 5.90. The molecule has 0 amide bonds. The van der Waals surface area contributed by atoms with Crippen LogP contribution in [0.25, 0.3) is 0 Å². The van der Waals surface area contributed by atoms with Crippen molar-refractivity contribution in [2.75, 3.05) is 51.3 Å². The second kappa shape index (κ2) is 10.2. The van der Waals surface area contributed by atoms with Crippen molar-refractivity contribution in [2.24, 2.45) is 0 Å². The molecule has 0 bridgehead atoms. The number of halogens is 2. The number of Topliss-reactive ketones (excluding diaryl/α,β-unsaturated/α-hetero) is 1. The third-order valence-electron chi connectivity index (χ3n) is 5.09. The predicted octanol–water partition coefficient (Wildman–Crippen LogP) is 4.80. The highest BCUT2D eigenvalue weighted by molar-refractivity contribution is 6.43. The van der Waals surface area contributed by atoms with Crippen LogP contribution in [0.3, 0.4) is 0 Å². The number of carbonyl (C=O) groups excluding carboxylic acids is 1. The first-order valence-electron chi connectivity index (χ1n) is 9.72. The minimum atomic E-state index is 0.00746. The quantitative estimate of drug-likeness (QED) is 0.439. The van der Waals surface area contributed by atoms with Crippen LogP contribution in [0.5, 0.6) is 11.5 Å². The Bertz CT molecular complexity index is 852. The van der Waals surface area contributed by atoms with Gasteiger partial charge in [-0.25, -0.2) is 0 Å². The van der Waals surface area contributed by atoms with Crippen LogP contribution in [0.15, 0.2) is 36.4 Å².